The highest BCUT2D eigenvalue weighted by Crippen LogP contribution is 2.53. The predicted molar refractivity (Wildman–Crippen MR) is 122 cm³/mol. The molecule has 1 saturated carbocycles. The zero-order chi connectivity index (χ0) is 23.0. The summed E-state index contributed by atoms with van der Waals surface area (Å²) in [4.78, 5) is 41.1. The minimum Gasteiger partial charge on any atom is -0.508 e. The first-order chi connectivity index (χ1) is 15.3. The third-order valence-electron chi connectivity index (χ3n) is 7.52. The van der Waals surface area contributed by atoms with E-state index in [1.165, 1.54) is 11.0 Å². The lowest BCUT2D eigenvalue weighted by molar-refractivity contribution is -0.152. The van der Waals surface area contributed by atoms with Crippen LogP contribution in [0.4, 0.5) is 0 Å². The molecule has 3 N–H and O–H groups in total. The number of hydrogen-bond donors (Lipinski definition) is 3. The van der Waals surface area contributed by atoms with Gasteiger partial charge in [0.1, 0.15) is 11.3 Å². The van der Waals surface area contributed by atoms with E-state index in [0.717, 1.165) is 38.5 Å². The minimum absolute atomic E-state index is 0.0180. The summed E-state index contributed by atoms with van der Waals surface area (Å²) in [6.07, 6.45) is 6.94. The number of hydrogen-bond acceptors (Lipinski definition) is 5. The quantitative estimate of drug-likeness (QED) is 0.482. The van der Waals surface area contributed by atoms with Crippen molar-refractivity contribution >= 4 is 33.7 Å². The largest absolute Gasteiger partial charge is 0.508 e. The number of nitrogens with zero attached hydrogens (tertiary/aromatic N) is 1. The van der Waals surface area contributed by atoms with Crippen molar-refractivity contribution in [3.63, 3.8) is 0 Å². The van der Waals surface area contributed by atoms with E-state index in [1.54, 1.807) is 12.1 Å². The van der Waals surface area contributed by atoms with E-state index >= 15 is 0 Å². The highest BCUT2D eigenvalue weighted by atomic mass is 79.9. The Morgan fingerprint density at radius 2 is 1.94 bits per heavy atom. The summed E-state index contributed by atoms with van der Waals surface area (Å²) in [5.74, 6) is -3.47. The highest BCUT2D eigenvalue weighted by molar-refractivity contribution is 9.10. The Kier molecular flexibility index (Phi) is 6.63. The Bertz CT molecular complexity index is 916. The zero-order valence-corrected chi connectivity index (χ0v) is 19.9. The number of aliphatic carboxylic acids is 1. The van der Waals surface area contributed by atoms with Gasteiger partial charge < -0.3 is 10.2 Å². The van der Waals surface area contributed by atoms with E-state index < -0.39 is 35.3 Å². The van der Waals surface area contributed by atoms with E-state index in [4.69, 9.17) is 0 Å². The molecule has 0 spiro atoms. The third kappa shape index (κ3) is 3.85. The number of fused-ring (bicyclic) bond motifs is 1. The number of benzene rings is 1. The van der Waals surface area contributed by atoms with Crippen LogP contribution >= 0.6 is 15.9 Å². The maximum atomic E-state index is 13.5. The number of amides is 2. The van der Waals surface area contributed by atoms with E-state index in [0.29, 0.717) is 29.4 Å². The van der Waals surface area contributed by atoms with Crippen molar-refractivity contribution in [2.75, 3.05) is 6.54 Å². The van der Waals surface area contributed by atoms with Gasteiger partial charge in [-0.05, 0) is 37.0 Å². The number of carboxylic acids is 1. The minimum atomic E-state index is -1.53. The molecule has 3 aliphatic rings. The molecule has 0 bridgehead atoms. The van der Waals surface area contributed by atoms with Crippen molar-refractivity contribution in [1.29, 1.82) is 0 Å². The predicted octanol–water partition coefficient (Wildman–Crippen LogP) is 3.99. The molecule has 32 heavy (non-hydrogen) atoms. The zero-order valence-electron chi connectivity index (χ0n) is 18.3. The van der Waals surface area contributed by atoms with Gasteiger partial charge >= 0.3 is 5.97 Å². The van der Waals surface area contributed by atoms with Gasteiger partial charge in [0.05, 0.1) is 11.8 Å². The van der Waals surface area contributed by atoms with Crippen LogP contribution in [-0.2, 0) is 14.4 Å². The monoisotopic (exact) mass is 506 g/mol. The van der Waals surface area contributed by atoms with Gasteiger partial charge in [-0.25, -0.2) is 0 Å². The summed E-state index contributed by atoms with van der Waals surface area (Å²) in [6.45, 7) is 2.29. The Balaban J connectivity index is 1.79. The molecule has 8 heteroatoms. The van der Waals surface area contributed by atoms with Crippen molar-refractivity contribution in [2.24, 2.45) is 17.8 Å². The molecule has 1 aromatic carbocycles. The lowest BCUT2D eigenvalue weighted by Gasteiger charge is -2.35. The van der Waals surface area contributed by atoms with Crippen molar-refractivity contribution in [3.05, 3.63) is 28.2 Å². The van der Waals surface area contributed by atoms with Gasteiger partial charge in [0.15, 0.2) is 0 Å². The number of halogens is 1. The van der Waals surface area contributed by atoms with Crippen LogP contribution < -0.4 is 5.32 Å². The van der Waals surface area contributed by atoms with Crippen LogP contribution in [0.5, 0.6) is 5.75 Å². The van der Waals surface area contributed by atoms with Crippen molar-refractivity contribution < 1.29 is 24.6 Å². The SMILES string of the molecule is CCCCN1C(=O)C2C(c3cc(Br)ccc3O)NC(CC3CCCCC3)(C(=O)O)C2C1=O. The number of carbonyl (C=O) groups is 3. The molecule has 1 aromatic rings. The standard InChI is InChI=1S/C24H31BrN2O5/c1-2-3-11-27-21(29)18-19(22(27)30)24(23(31)32,13-14-7-5-4-6-8-14)26-20(18)16-12-15(25)9-10-17(16)28/h9-10,12,14,18-20,26,28H,2-8,11,13H2,1H3,(H,31,32). The molecular formula is C24H31BrN2O5. The van der Waals surface area contributed by atoms with Crippen LogP contribution in [0.2, 0.25) is 0 Å². The second-order valence-corrected chi connectivity index (χ2v) is 10.4. The summed E-state index contributed by atoms with van der Waals surface area (Å²) >= 11 is 3.41. The van der Waals surface area contributed by atoms with E-state index in [2.05, 4.69) is 21.2 Å². The third-order valence-corrected chi connectivity index (χ3v) is 8.02. The van der Waals surface area contributed by atoms with Crippen LogP contribution in [0.1, 0.15) is 69.9 Å². The number of phenolic OH excluding ortho intramolecular Hbond substituents is 1. The van der Waals surface area contributed by atoms with Crippen LogP contribution in [0.25, 0.3) is 0 Å². The van der Waals surface area contributed by atoms with Gasteiger partial charge in [0.25, 0.3) is 0 Å². The fourth-order valence-corrected chi connectivity index (χ4v) is 6.34. The molecule has 0 radical (unpaired) electrons. The van der Waals surface area contributed by atoms with Crippen LogP contribution in [0.3, 0.4) is 0 Å². The molecule has 2 heterocycles. The van der Waals surface area contributed by atoms with E-state index in [1.807, 2.05) is 6.92 Å². The number of phenols is 1. The van der Waals surface area contributed by atoms with Crippen LogP contribution in [0.15, 0.2) is 22.7 Å². The molecule has 4 rings (SSSR count). The number of carbonyl (C=O) groups excluding carboxylic acids is 2. The molecule has 4 atom stereocenters. The number of aromatic hydroxyl groups is 1. The average Bonchev–Trinajstić information content (AvgIpc) is 3.24. The maximum Gasteiger partial charge on any atom is 0.324 e. The first-order valence-electron chi connectivity index (χ1n) is 11.6. The summed E-state index contributed by atoms with van der Waals surface area (Å²) in [6, 6.07) is 4.16. The molecule has 174 valence electrons. The summed E-state index contributed by atoms with van der Waals surface area (Å²) < 4.78 is 0.711. The molecule has 2 amide bonds. The Hall–Kier alpha value is -1.93. The Morgan fingerprint density at radius 1 is 1.22 bits per heavy atom. The number of nitrogens with one attached hydrogen (secondary N) is 1. The summed E-state index contributed by atoms with van der Waals surface area (Å²) in [5, 5.41) is 24.3. The van der Waals surface area contributed by atoms with Gasteiger partial charge in [-0.3, -0.25) is 24.6 Å². The number of carboxylic acid groups (broad SMARTS) is 1. The van der Waals surface area contributed by atoms with Gasteiger partial charge in [-0.15, -0.1) is 0 Å². The number of imide groups is 1. The molecule has 3 fully saturated rings. The van der Waals surface area contributed by atoms with E-state index in [9.17, 15) is 24.6 Å². The molecule has 2 saturated heterocycles. The second-order valence-electron chi connectivity index (χ2n) is 9.49. The molecular weight excluding hydrogens is 476 g/mol. The summed E-state index contributed by atoms with van der Waals surface area (Å²) in [5.41, 5.74) is -1.08. The molecule has 4 unspecified atom stereocenters. The van der Waals surface area contributed by atoms with Crippen molar-refractivity contribution in [2.45, 2.75) is 69.9 Å². The lowest BCUT2D eigenvalue weighted by atomic mass is 9.72. The second kappa shape index (κ2) is 9.14. The van der Waals surface area contributed by atoms with Crippen molar-refractivity contribution in [1.82, 2.24) is 10.2 Å². The normalized spacial score (nSPS) is 30.7. The number of rotatable bonds is 7. The molecule has 0 aromatic heterocycles. The fraction of sp³-hybridized carbons (Fsp3) is 0.625. The highest BCUT2D eigenvalue weighted by Gasteiger charge is 2.68. The van der Waals surface area contributed by atoms with E-state index in [-0.39, 0.29) is 17.6 Å². The van der Waals surface area contributed by atoms with Gasteiger partial charge in [-0.2, -0.15) is 0 Å². The topological polar surface area (TPSA) is 107 Å². The number of unbranched alkanes of at least 4 members (excludes halogenated alkanes) is 1. The Morgan fingerprint density at radius 3 is 2.59 bits per heavy atom. The van der Waals surface area contributed by atoms with Gasteiger partial charge in [-0.1, -0.05) is 61.4 Å². The van der Waals surface area contributed by atoms with Crippen molar-refractivity contribution in [3.8, 4) is 5.75 Å². The van der Waals surface area contributed by atoms with Gasteiger partial charge in [0, 0.05) is 22.6 Å². The van der Waals surface area contributed by atoms with Crippen LogP contribution in [-0.4, -0.2) is 45.0 Å². The molecule has 7 nitrogen and oxygen atoms in total. The Labute approximate surface area is 196 Å². The van der Waals surface area contributed by atoms with Crippen LogP contribution in [0, 0.1) is 17.8 Å². The lowest BCUT2D eigenvalue weighted by Crippen LogP contribution is -2.56. The summed E-state index contributed by atoms with van der Waals surface area (Å²) in [7, 11) is 0. The first kappa shape index (κ1) is 23.2. The molecule has 1 aliphatic carbocycles. The maximum absolute atomic E-state index is 13.5. The smallest absolute Gasteiger partial charge is 0.324 e. The fourth-order valence-electron chi connectivity index (χ4n) is 5.96. The van der Waals surface area contributed by atoms with Gasteiger partial charge in [0.2, 0.25) is 11.8 Å². The first-order valence-corrected chi connectivity index (χ1v) is 12.4. The number of likely N-dealkylation sites (tertiary alicyclic amines) is 1. The average molecular weight is 507 g/mol. The molecule has 2 aliphatic heterocycles.